The number of phosphoric acid groups is 1. The molecule has 1 amide bonds. The molecule has 0 aromatic carbocycles. The molecule has 2 atom stereocenters. The van der Waals surface area contributed by atoms with Crippen LogP contribution in [0.1, 0.15) is 136 Å². The van der Waals surface area contributed by atoms with E-state index in [1.807, 2.05) is 6.92 Å². The number of ether oxygens (including phenoxy) is 1. The van der Waals surface area contributed by atoms with Gasteiger partial charge in [-0.25, -0.2) is 4.57 Å². The maximum absolute atomic E-state index is 11.8. The van der Waals surface area contributed by atoms with Gasteiger partial charge >= 0.3 is 13.8 Å². The first-order valence-corrected chi connectivity index (χ1v) is 16.5. The van der Waals surface area contributed by atoms with Crippen molar-refractivity contribution in [1.29, 1.82) is 0 Å². The topological polar surface area (TPSA) is 131 Å². The second kappa shape index (κ2) is 26.2. The minimum Gasteiger partial charge on any atom is -0.463 e. The fourth-order valence-corrected chi connectivity index (χ4v) is 4.70. The lowest BCUT2D eigenvalue weighted by atomic mass is 10.0. The number of aliphatic hydroxyl groups excluding tert-OH is 1. The molecule has 9 nitrogen and oxygen atoms in total. The smallest absolute Gasteiger partial charge is 0.463 e. The SMILES string of the molecule is CCCCCCCCCCCCCCCCCC(=O)OCC(O)COP(=O)(O)OCCNC(=O)CCCC. The maximum Gasteiger partial charge on any atom is 0.472 e. The van der Waals surface area contributed by atoms with Crippen molar-refractivity contribution in [2.45, 2.75) is 142 Å². The Morgan fingerprint density at radius 1 is 0.711 bits per heavy atom. The van der Waals surface area contributed by atoms with Crippen molar-refractivity contribution in [3.05, 3.63) is 0 Å². The number of nitrogens with one attached hydrogen (secondary N) is 1. The molecule has 0 aliphatic carbocycles. The lowest BCUT2D eigenvalue weighted by Crippen LogP contribution is -2.27. The number of aliphatic hydroxyl groups is 1. The summed E-state index contributed by atoms with van der Waals surface area (Å²) >= 11 is 0. The molecule has 38 heavy (non-hydrogen) atoms. The summed E-state index contributed by atoms with van der Waals surface area (Å²) in [6.45, 7) is 3.29. The number of esters is 1. The number of hydrogen-bond acceptors (Lipinski definition) is 7. The normalized spacial score (nSPS) is 13.7. The van der Waals surface area contributed by atoms with E-state index in [1.165, 1.54) is 77.0 Å². The van der Waals surface area contributed by atoms with Crippen molar-refractivity contribution in [2.75, 3.05) is 26.4 Å². The first kappa shape index (κ1) is 37.0. The van der Waals surface area contributed by atoms with E-state index >= 15 is 0 Å². The lowest BCUT2D eigenvalue weighted by molar-refractivity contribution is -0.147. The molecule has 0 spiro atoms. The van der Waals surface area contributed by atoms with Crippen LogP contribution in [-0.4, -0.2) is 54.3 Å². The van der Waals surface area contributed by atoms with Crippen molar-refractivity contribution in [3.8, 4) is 0 Å². The van der Waals surface area contributed by atoms with Gasteiger partial charge in [-0.05, 0) is 12.8 Å². The second-order valence-corrected chi connectivity index (χ2v) is 11.5. The van der Waals surface area contributed by atoms with E-state index in [0.717, 1.165) is 32.1 Å². The van der Waals surface area contributed by atoms with Gasteiger partial charge in [0.15, 0.2) is 0 Å². The van der Waals surface area contributed by atoms with Crippen molar-refractivity contribution in [3.63, 3.8) is 0 Å². The predicted molar refractivity (Wildman–Crippen MR) is 151 cm³/mol. The Morgan fingerprint density at radius 3 is 1.74 bits per heavy atom. The van der Waals surface area contributed by atoms with Gasteiger partial charge in [0.05, 0.1) is 13.2 Å². The molecule has 0 aromatic heterocycles. The summed E-state index contributed by atoms with van der Waals surface area (Å²) in [7, 11) is -4.37. The maximum atomic E-state index is 11.8. The Kier molecular flexibility index (Phi) is 25.6. The van der Waals surface area contributed by atoms with Crippen molar-refractivity contribution in [2.24, 2.45) is 0 Å². The first-order chi connectivity index (χ1) is 18.3. The Hall–Kier alpha value is -0.990. The molecule has 0 fully saturated rings. The molecule has 0 aliphatic rings. The average Bonchev–Trinajstić information content (AvgIpc) is 2.89. The third-order valence-electron chi connectivity index (χ3n) is 6.29. The van der Waals surface area contributed by atoms with Gasteiger partial charge in [-0.15, -0.1) is 0 Å². The van der Waals surface area contributed by atoms with Gasteiger partial charge in [-0.2, -0.15) is 0 Å². The van der Waals surface area contributed by atoms with Crippen LogP contribution < -0.4 is 5.32 Å². The second-order valence-electron chi connectivity index (χ2n) is 10.1. The van der Waals surface area contributed by atoms with Gasteiger partial charge in [0.25, 0.3) is 0 Å². The summed E-state index contributed by atoms with van der Waals surface area (Å²) in [5, 5.41) is 12.4. The van der Waals surface area contributed by atoms with Gasteiger partial charge in [-0.3, -0.25) is 18.6 Å². The highest BCUT2D eigenvalue weighted by atomic mass is 31.2. The lowest BCUT2D eigenvalue weighted by Gasteiger charge is -2.15. The molecule has 0 aliphatic heterocycles. The van der Waals surface area contributed by atoms with Crippen LogP contribution in [0.4, 0.5) is 0 Å². The zero-order chi connectivity index (χ0) is 28.3. The summed E-state index contributed by atoms with van der Waals surface area (Å²) in [4.78, 5) is 32.9. The van der Waals surface area contributed by atoms with Crippen LogP contribution in [0.2, 0.25) is 0 Å². The molecule has 0 aromatic rings. The van der Waals surface area contributed by atoms with Crippen LogP contribution in [0.25, 0.3) is 0 Å². The van der Waals surface area contributed by atoms with E-state index in [1.54, 1.807) is 0 Å². The third-order valence-corrected chi connectivity index (χ3v) is 7.27. The third kappa shape index (κ3) is 26.6. The standard InChI is InChI=1S/C28H56NO8P/c1-3-5-7-8-9-10-11-12-13-14-15-16-17-18-19-21-28(32)35-24-26(30)25-37-38(33,34)36-23-22-29-27(31)20-6-4-2/h26,30H,3-25H2,1-2H3,(H,29,31)(H,33,34). The van der Waals surface area contributed by atoms with E-state index in [-0.39, 0.29) is 32.1 Å². The molecule has 0 saturated carbocycles. The zero-order valence-electron chi connectivity index (χ0n) is 24.1. The monoisotopic (exact) mass is 565 g/mol. The van der Waals surface area contributed by atoms with Gasteiger partial charge < -0.3 is 20.1 Å². The van der Waals surface area contributed by atoms with Crippen LogP contribution in [0.5, 0.6) is 0 Å². The quantitative estimate of drug-likeness (QED) is 0.0550. The van der Waals surface area contributed by atoms with E-state index in [0.29, 0.717) is 6.42 Å². The van der Waals surface area contributed by atoms with Crippen LogP contribution in [0.15, 0.2) is 0 Å². The highest BCUT2D eigenvalue weighted by Gasteiger charge is 2.23. The van der Waals surface area contributed by atoms with Crippen LogP contribution in [0, 0.1) is 0 Å². The van der Waals surface area contributed by atoms with Crippen molar-refractivity contribution < 1.29 is 37.9 Å². The molecular weight excluding hydrogens is 509 g/mol. The van der Waals surface area contributed by atoms with E-state index < -0.39 is 26.5 Å². The summed E-state index contributed by atoms with van der Waals surface area (Å²) < 4.78 is 26.3. The number of hydrogen-bond donors (Lipinski definition) is 3. The average molecular weight is 566 g/mol. The first-order valence-electron chi connectivity index (χ1n) is 15.0. The molecular formula is C28H56NO8P. The van der Waals surface area contributed by atoms with Crippen molar-refractivity contribution in [1.82, 2.24) is 5.32 Å². The molecule has 0 bridgehead atoms. The van der Waals surface area contributed by atoms with Gasteiger partial charge in [0, 0.05) is 19.4 Å². The highest BCUT2D eigenvalue weighted by molar-refractivity contribution is 7.47. The summed E-state index contributed by atoms with van der Waals surface area (Å²) in [5.74, 6) is -0.549. The van der Waals surface area contributed by atoms with Crippen LogP contribution >= 0.6 is 7.82 Å². The fourth-order valence-electron chi connectivity index (χ4n) is 3.94. The molecule has 226 valence electrons. The zero-order valence-corrected chi connectivity index (χ0v) is 25.0. The number of rotatable bonds is 28. The Morgan fingerprint density at radius 2 is 1.21 bits per heavy atom. The molecule has 0 radical (unpaired) electrons. The van der Waals surface area contributed by atoms with E-state index in [9.17, 15) is 24.2 Å². The van der Waals surface area contributed by atoms with E-state index in [4.69, 9.17) is 13.8 Å². The molecule has 0 rings (SSSR count). The molecule has 2 unspecified atom stereocenters. The Labute approximate surface area is 231 Å². The summed E-state index contributed by atoms with van der Waals surface area (Å²) in [6, 6.07) is 0. The van der Waals surface area contributed by atoms with Crippen molar-refractivity contribution >= 4 is 19.7 Å². The molecule has 0 heterocycles. The molecule has 10 heteroatoms. The number of phosphoric ester groups is 1. The predicted octanol–water partition coefficient (Wildman–Crippen LogP) is 6.59. The fraction of sp³-hybridized carbons (Fsp3) is 0.929. The Balaban J connectivity index is 3.56. The van der Waals surface area contributed by atoms with Crippen LogP contribution in [0.3, 0.4) is 0 Å². The number of carbonyl (C=O) groups is 2. The van der Waals surface area contributed by atoms with Gasteiger partial charge in [0.1, 0.15) is 12.7 Å². The highest BCUT2D eigenvalue weighted by Crippen LogP contribution is 2.42. The van der Waals surface area contributed by atoms with E-state index in [2.05, 4.69) is 12.2 Å². The summed E-state index contributed by atoms with van der Waals surface area (Å²) in [6.07, 6.45) is 19.9. The minimum atomic E-state index is -4.37. The van der Waals surface area contributed by atoms with Gasteiger partial charge in [-0.1, -0.05) is 110 Å². The summed E-state index contributed by atoms with van der Waals surface area (Å²) in [5.41, 5.74) is 0. The molecule has 3 N–H and O–H groups in total. The van der Waals surface area contributed by atoms with Gasteiger partial charge in [0.2, 0.25) is 5.91 Å². The minimum absolute atomic E-state index is 0.0793. The number of amides is 1. The number of carbonyl (C=O) groups excluding carboxylic acids is 2. The Bertz CT molecular complexity index is 620. The largest absolute Gasteiger partial charge is 0.472 e. The molecule has 0 saturated heterocycles. The van der Waals surface area contributed by atoms with Crippen LogP contribution in [-0.2, 0) is 27.9 Å². The number of unbranched alkanes of at least 4 members (excludes halogenated alkanes) is 15.